The van der Waals surface area contributed by atoms with E-state index in [1.807, 2.05) is 0 Å². The van der Waals surface area contributed by atoms with Crippen molar-refractivity contribution in [2.24, 2.45) is 5.92 Å². The minimum Gasteiger partial charge on any atom is -0.322 e. The number of amides is 2. The van der Waals surface area contributed by atoms with Crippen LogP contribution in [0.3, 0.4) is 0 Å². The van der Waals surface area contributed by atoms with Gasteiger partial charge < -0.3 is 15.1 Å². The molecule has 0 saturated carbocycles. The molecule has 0 aliphatic carbocycles. The summed E-state index contributed by atoms with van der Waals surface area (Å²) >= 11 is 0. The molecule has 138 valence electrons. The van der Waals surface area contributed by atoms with Crippen LogP contribution >= 0.6 is 0 Å². The smallest absolute Gasteiger partial charge is 0.322 e. The summed E-state index contributed by atoms with van der Waals surface area (Å²) in [4.78, 5) is 18.7. The number of urea groups is 1. The fourth-order valence-corrected chi connectivity index (χ4v) is 3.72. The van der Waals surface area contributed by atoms with E-state index in [1.54, 1.807) is 4.90 Å². The molecule has 1 atom stereocenters. The van der Waals surface area contributed by atoms with Crippen LogP contribution in [0.4, 0.5) is 19.3 Å². The second kappa shape index (κ2) is 8.10. The number of halogens is 2. The highest BCUT2D eigenvalue weighted by molar-refractivity contribution is 5.89. The summed E-state index contributed by atoms with van der Waals surface area (Å²) in [6.45, 7) is 6.23. The van der Waals surface area contributed by atoms with Gasteiger partial charge in [0, 0.05) is 39.3 Å². The molecule has 3 rings (SSSR count). The van der Waals surface area contributed by atoms with Crippen molar-refractivity contribution in [3.05, 3.63) is 29.8 Å². The molecule has 0 bridgehead atoms. The van der Waals surface area contributed by atoms with Crippen molar-refractivity contribution in [2.45, 2.75) is 12.8 Å². The number of nitrogens with one attached hydrogen (secondary N) is 1. The molecule has 25 heavy (non-hydrogen) atoms. The van der Waals surface area contributed by atoms with Crippen LogP contribution in [-0.4, -0.2) is 73.6 Å². The van der Waals surface area contributed by atoms with Crippen LogP contribution in [0.5, 0.6) is 0 Å². The summed E-state index contributed by atoms with van der Waals surface area (Å²) in [5.41, 5.74) is -0.113. The first-order valence-corrected chi connectivity index (χ1v) is 8.94. The monoisotopic (exact) mass is 352 g/mol. The van der Waals surface area contributed by atoms with Crippen molar-refractivity contribution in [1.82, 2.24) is 14.7 Å². The molecule has 2 aliphatic heterocycles. The number of carbonyl (C=O) groups excluding carboxylic acids is 1. The lowest BCUT2D eigenvalue weighted by Crippen LogP contribution is -2.52. The van der Waals surface area contributed by atoms with E-state index in [-0.39, 0.29) is 11.7 Å². The molecule has 1 aromatic rings. The Morgan fingerprint density at radius 1 is 1.20 bits per heavy atom. The maximum absolute atomic E-state index is 13.7. The zero-order valence-electron chi connectivity index (χ0n) is 14.7. The van der Waals surface area contributed by atoms with Crippen LogP contribution in [-0.2, 0) is 0 Å². The number of piperazine rings is 1. The molecule has 0 radical (unpaired) electrons. The first-order valence-electron chi connectivity index (χ1n) is 8.94. The number of rotatable bonds is 3. The maximum atomic E-state index is 13.7. The number of nitrogens with zero attached hydrogens (tertiary/aromatic N) is 3. The van der Waals surface area contributed by atoms with Gasteiger partial charge in [0.15, 0.2) is 11.6 Å². The lowest BCUT2D eigenvalue weighted by molar-refractivity contribution is 0.109. The zero-order valence-corrected chi connectivity index (χ0v) is 14.7. The molecule has 0 aromatic heterocycles. The molecule has 2 heterocycles. The quantitative estimate of drug-likeness (QED) is 0.908. The van der Waals surface area contributed by atoms with Gasteiger partial charge in [-0.25, -0.2) is 13.6 Å². The standard InChI is InChI=1S/C18H26F2N4O/c1-22-7-3-4-14(12-22)13-23-8-10-24(11-9-23)18(25)21-16-6-2-5-15(19)17(16)20/h2,5-6,14H,3-4,7-13H2,1H3,(H,21,25)/t14-/m0/s1. The van der Waals surface area contributed by atoms with E-state index in [9.17, 15) is 13.6 Å². The lowest BCUT2D eigenvalue weighted by atomic mass is 9.97. The van der Waals surface area contributed by atoms with Gasteiger partial charge in [0.25, 0.3) is 0 Å². The van der Waals surface area contributed by atoms with Crippen LogP contribution in [0, 0.1) is 17.6 Å². The minimum atomic E-state index is -1.02. The zero-order chi connectivity index (χ0) is 17.8. The van der Waals surface area contributed by atoms with E-state index in [4.69, 9.17) is 0 Å². The fourth-order valence-electron chi connectivity index (χ4n) is 3.72. The number of anilines is 1. The first-order chi connectivity index (χ1) is 12.0. The molecule has 7 heteroatoms. The molecule has 2 fully saturated rings. The van der Waals surface area contributed by atoms with E-state index >= 15 is 0 Å². The highest BCUT2D eigenvalue weighted by Crippen LogP contribution is 2.19. The molecular formula is C18H26F2N4O. The Balaban J connectivity index is 1.47. The number of carbonyl (C=O) groups is 1. The molecule has 2 saturated heterocycles. The summed E-state index contributed by atoms with van der Waals surface area (Å²) in [5, 5.41) is 2.47. The van der Waals surface area contributed by atoms with Crippen LogP contribution < -0.4 is 5.32 Å². The largest absolute Gasteiger partial charge is 0.322 e. The third-order valence-electron chi connectivity index (χ3n) is 5.09. The SMILES string of the molecule is CN1CCC[C@H](CN2CCN(C(=O)Nc3cccc(F)c3F)CC2)C1. The van der Waals surface area contributed by atoms with Gasteiger partial charge in [-0.1, -0.05) is 6.07 Å². The van der Waals surface area contributed by atoms with E-state index in [0.717, 1.165) is 32.2 Å². The Kier molecular flexibility index (Phi) is 5.86. The van der Waals surface area contributed by atoms with Gasteiger partial charge in [0.1, 0.15) is 0 Å². The predicted molar refractivity (Wildman–Crippen MR) is 93.6 cm³/mol. The number of likely N-dealkylation sites (tertiary alicyclic amines) is 1. The normalized spacial score (nSPS) is 22.8. The van der Waals surface area contributed by atoms with E-state index in [0.29, 0.717) is 19.0 Å². The number of hydrogen-bond acceptors (Lipinski definition) is 3. The van der Waals surface area contributed by atoms with Crippen molar-refractivity contribution < 1.29 is 13.6 Å². The number of hydrogen-bond donors (Lipinski definition) is 1. The summed E-state index contributed by atoms with van der Waals surface area (Å²) in [6.07, 6.45) is 2.52. The average molecular weight is 352 g/mol. The Hall–Kier alpha value is -1.73. The fraction of sp³-hybridized carbons (Fsp3) is 0.611. The molecule has 0 unspecified atom stereocenters. The van der Waals surface area contributed by atoms with E-state index < -0.39 is 11.6 Å². The summed E-state index contributed by atoms with van der Waals surface area (Å²) < 4.78 is 26.9. The van der Waals surface area contributed by atoms with Crippen molar-refractivity contribution >= 4 is 11.7 Å². The second-order valence-corrected chi connectivity index (χ2v) is 7.09. The van der Waals surface area contributed by atoms with Crippen LogP contribution in [0.1, 0.15) is 12.8 Å². The molecule has 2 aliphatic rings. The van der Waals surface area contributed by atoms with Gasteiger partial charge in [0.05, 0.1) is 5.69 Å². The van der Waals surface area contributed by atoms with Gasteiger partial charge in [-0.3, -0.25) is 4.90 Å². The van der Waals surface area contributed by atoms with Gasteiger partial charge in [-0.2, -0.15) is 0 Å². The Morgan fingerprint density at radius 2 is 1.96 bits per heavy atom. The van der Waals surface area contributed by atoms with Crippen molar-refractivity contribution in [3.8, 4) is 0 Å². The van der Waals surface area contributed by atoms with Crippen LogP contribution in [0.25, 0.3) is 0 Å². The van der Waals surface area contributed by atoms with E-state index in [1.165, 1.54) is 31.5 Å². The van der Waals surface area contributed by atoms with Crippen LogP contribution in [0.15, 0.2) is 18.2 Å². The van der Waals surface area contributed by atoms with Gasteiger partial charge >= 0.3 is 6.03 Å². The maximum Gasteiger partial charge on any atom is 0.322 e. The molecule has 1 aromatic carbocycles. The third-order valence-corrected chi connectivity index (χ3v) is 5.09. The Morgan fingerprint density at radius 3 is 2.68 bits per heavy atom. The molecule has 0 spiro atoms. The summed E-state index contributed by atoms with van der Waals surface area (Å²) in [5.74, 6) is -1.28. The minimum absolute atomic E-state index is 0.113. The number of piperidine rings is 1. The Labute approximate surface area is 147 Å². The van der Waals surface area contributed by atoms with Crippen molar-refractivity contribution in [3.63, 3.8) is 0 Å². The van der Waals surface area contributed by atoms with Gasteiger partial charge in [-0.05, 0) is 44.5 Å². The highest BCUT2D eigenvalue weighted by Gasteiger charge is 2.25. The molecule has 1 N–H and O–H groups in total. The first kappa shape index (κ1) is 18.1. The second-order valence-electron chi connectivity index (χ2n) is 7.09. The summed E-state index contributed by atoms with van der Waals surface area (Å²) in [7, 11) is 2.17. The lowest BCUT2D eigenvalue weighted by Gasteiger charge is -2.38. The van der Waals surface area contributed by atoms with Crippen molar-refractivity contribution in [2.75, 3.05) is 58.2 Å². The summed E-state index contributed by atoms with van der Waals surface area (Å²) in [6, 6.07) is 3.41. The van der Waals surface area contributed by atoms with E-state index in [2.05, 4.69) is 22.2 Å². The van der Waals surface area contributed by atoms with Gasteiger partial charge in [0.2, 0.25) is 0 Å². The van der Waals surface area contributed by atoms with Crippen molar-refractivity contribution in [1.29, 1.82) is 0 Å². The Bertz CT molecular complexity index is 605. The highest BCUT2D eigenvalue weighted by atomic mass is 19.2. The third kappa shape index (κ3) is 4.67. The predicted octanol–water partition coefficient (Wildman–Crippen LogP) is 2.46. The molecule has 2 amide bonds. The van der Waals surface area contributed by atoms with Gasteiger partial charge in [-0.15, -0.1) is 0 Å². The molecule has 5 nitrogen and oxygen atoms in total. The average Bonchev–Trinajstić information content (AvgIpc) is 2.59. The van der Waals surface area contributed by atoms with Crippen LogP contribution in [0.2, 0.25) is 0 Å². The topological polar surface area (TPSA) is 38.8 Å². The molecular weight excluding hydrogens is 326 g/mol. The number of benzene rings is 1.